The molecular weight excluding hydrogens is 161 g/mol. The van der Waals surface area contributed by atoms with E-state index in [0.717, 1.165) is 0 Å². The fourth-order valence-electron chi connectivity index (χ4n) is 0. The molecule has 0 saturated heterocycles. The Hall–Kier alpha value is 1.23. The molecule has 5 heteroatoms. The second-order valence-electron chi connectivity index (χ2n) is 0. The molecule has 0 amide bonds. The number of halogens is 3. The van der Waals surface area contributed by atoms with Gasteiger partial charge in [0.25, 0.3) is 0 Å². The maximum Gasteiger partial charge on any atom is 2.00 e. The van der Waals surface area contributed by atoms with Crippen molar-refractivity contribution in [3.63, 3.8) is 0 Å². The monoisotopic (exact) mass is 164 g/mol. The van der Waals surface area contributed by atoms with Crippen LogP contribution < -0.4 is 14.1 Å². The van der Waals surface area contributed by atoms with E-state index in [2.05, 4.69) is 0 Å². The average molecular weight is 164 g/mol. The maximum atomic E-state index is 0. The minimum Gasteiger partial charge on any atom is -1.00 e. The Bertz CT molecular complexity index is 10.8. The Morgan fingerprint density at radius 3 is 0.800 bits per heavy atom. The molecule has 32 valence electrons. The Balaban J connectivity index is 0. The minimum atomic E-state index is 0. The fourth-order valence-corrected chi connectivity index (χ4v) is 0. The average Bonchev–Trinajstić information content (AvgIpc) is 0. The Morgan fingerprint density at radius 1 is 0.800 bits per heavy atom. The standard InChI is InChI=1S/3FH.H2O.Sr/h3*1H;1H2;/q;;;;+2/p-2. The summed E-state index contributed by atoms with van der Waals surface area (Å²) in [6, 6.07) is 0. The van der Waals surface area contributed by atoms with Gasteiger partial charge in [-0.15, -0.1) is 0 Å². The predicted molar refractivity (Wildman–Crippen MR) is 10.5 cm³/mol. The third kappa shape index (κ3) is 36.1. The van der Waals surface area contributed by atoms with E-state index in [1.165, 1.54) is 0 Å². The Morgan fingerprint density at radius 2 is 0.800 bits per heavy atom. The van der Waals surface area contributed by atoms with Crippen molar-refractivity contribution in [2.75, 3.05) is 0 Å². The molecule has 0 heterocycles. The minimum absolute atomic E-state index is 0. The first kappa shape index (κ1) is 113. The molecule has 1 nitrogen and oxygen atoms in total. The van der Waals surface area contributed by atoms with Gasteiger partial charge in [-0.3, -0.25) is 0 Å². The van der Waals surface area contributed by atoms with Crippen LogP contribution in [-0.4, -0.2) is 51.0 Å². The summed E-state index contributed by atoms with van der Waals surface area (Å²) in [5.74, 6) is 0. The van der Waals surface area contributed by atoms with Crippen LogP contribution in [0.1, 0.15) is 1.43 Å². The van der Waals surface area contributed by atoms with Crippen molar-refractivity contribution < 1.29 is 21.0 Å². The molecule has 0 saturated carbocycles. The van der Waals surface area contributed by atoms with E-state index in [1.54, 1.807) is 0 Å². The summed E-state index contributed by atoms with van der Waals surface area (Å²) in [7, 11) is 0. The molecule has 0 spiro atoms. The topological polar surface area (TPSA) is 31.5 Å². The second kappa shape index (κ2) is 61.8. The van der Waals surface area contributed by atoms with Gasteiger partial charge < -0.3 is 19.6 Å². The van der Waals surface area contributed by atoms with E-state index < -0.39 is 0 Å². The zero-order valence-electron chi connectivity index (χ0n) is 3.34. The van der Waals surface area contributed by atoms with Crippen LogP contribution in [0.3, 0.4) is 0 Å². The molecule has 0 rings (SSSR count). The Labute approximate surface area is 65.9 Å². The van der Waals surface area contributed by atoms with Crippen LogP contribution in [0.4, 0.5) is 0 Å². The molecule has 0 unspecified atom stereocenters. The van der Waals surface area contributed by atoms with Gasteiger partial charge in [-0.1, -0.05) is 0 Å². The van der Waals surface area contributed by atoms with Crippen LogP contribution in [0.15, 0.2) is 0 Å². The molecule has 0 aliphatic heterocycles. The SMILES string of the molecule is O.[F-].[F-].[F-].[H+].[Sr+2]. The molecule has 0 aromatic carbocycles. The van der Waals surface area contributed by atoms with Crippen LogP contribution in [0, 0.1) is 0 Å². The summed E-state index contributed by atoms with van der Waals surface area (Å²) >= 11 is 0. The van der Waals surface area contributed by atoms with Gasteiger partial charge in [0.2, 0.25) is 0 Å². The molecule has 0 radical (unpaired) electrons. The number of hydrogen-bond donors (Lipinski definition) is 0. The first-order valence-electron chi connectivity index (χ1n) is 0. The van der Waals surface area contributed by atoms with Gasteiger partial charge in [0.05, 0.1) is 0 Å². The first-order valence-corrected chi connectivity index (χ1v) is 0. The third-order valence-corrected chi connectivity index (χ3v) is 0. The summed E-state index contributed by atoms with van der Waals surface area (Å²) in [4.78, 5) is 0. The van der Waals surface area contributed by atoms with Crippen molar-refractivity contribution in [2.24, 2.45) is 0 Å². The molecule has 5 heavy (non-hydrogen) atoms. The van der Waals surface area contributed by atoms with Crippen molar-refractivity contribution in [2.45, 2.75) is 0 Å². The quantitative estimate of drug-likeness (QED) is 0.318. The van der Waals surface area contributed by atoms with Crippen molar-refractivity contribution in [3.8, 4) is 0 Å². The number of hydrogen-bond acceptors (Lipinski definition) is 0. The zero-order chi connectivity index (χ0) is 0. The molecule has 0 aromatic heterocycles. The molecule has 0 atom stereocenters. The fraction of sp³-hybridized carbons (Fsp3) is 0. The van der Waals surface area contributed by atoms with Crippen LogP contribution in [0.2, 0.25) is 0 Å². The zero-order valence-corrected chi connectivity index (χ0v) is 5.82. The van der Waals surface area contributed by atoms with Gasteiger partial charge in [0, 0.05) is 0 Å². The van der Waals surface area contributed by atoms with Crippen LogP contribution >= 0.6 is 0 Å². The van der Waals surface area contributed by atoms with Gasteiger partial charge in [0.15, 0.2) is 0 Å². The normalized spacial score (nSPS) is 0. The molecule has 0 bridgehead atoms. The van der Waals surface area contributed by atoms with Gasteiger partial charge in [-0.05, 0) is 0 Å². The molecule has 0 aliphatic rings. The van der Waals surface area contributed by atoms with Gasteiger partial charge >= 0.3 is 46.9 Å². The molecular formula is H3F3OSr. The molecule has 2 N–H and O–H groups in total. The second-order valence-corrected chi connectivity index (χ2v) is 0. The van der Waals surface area contributed by atoms with E-state index in [4.69, 9.17) is 0 Å². The van der Waals surface area contributed by atoms with Crippen molar-refractivity contribution >= 4 is 45.5 Å². The van der Waals surface area contributed by atoms with Crippen LogP contribution in [-0.2, 0) is 0 Å². The maximum absolute atomic E-state index is 0. The molecule has 0 fully saturated rings. The van der Waals surface area contributed by atoms with E-state index in [-0.39, 0.29) is 66.5 Å². The number of rotatable bonds is 0. The van der Waals surface area contributed by atoms with E-state index in [0.29, 0.717) is 0 Å². The van der Waals surface area contributed by atoms with E-state index in [1.807, 2.05) is 0 Å². The first-order chi connectivity index (χ1) is 0. The van der Waals surface area contributed by atoms with E-state index >= 15 is 0 Å². The summed E-state index contributed by atoms with van der Waals surface area (Å²) < 4.78 is 0. The van der Waals surface area contributed by atoms with E-state index in [9.17, 15) is 0 Å². The van der Waals surface area contributed by atoms with Crippen molar-refractivity contribution in [1.29, 1.82) is 0 Å². The summed E-state index contributed by atoms with van der Waals surface area (Å²) in [6.07, 6.45) is 0. The predicted octanol–water partition coefficient (Wildman–Crippen LogP) is -10.1. The van der Waals surface area contributed by atoms with Crippen LogP contribution in [0.25, 0.3) is 0 Å². The van der Waals surface area contributed by atoms with Crippen LogP contribution in [0.5, 0.6) is 0 Å². The summed E-state index contributed by atoms with van der Waals surface area (Å²) in [5.41, 5.74) is 0. The molecule has 0 aliphatic carbocycles. The van der Waals surface area contributed by atoms with Gasteiger partial charge in [-0.25, -0.2) is 0 Å². The summed E-state index contributed by atoms with van der Waals surface area (Å²) in [6.45, 7) is 0. The smallest absolute Gasteiger partial charge is 1.00 e. The van der Waals surface area contributed by atoms with Gasteiger partial charge in [-0.2, -0.15) is 0 Å². The van der Waals surface area contributed by atoms with Crippen molar-refractivity contribution in [1.82, 2.24) is 0 Å². The third-order valence-electron chi connectivity index (χ3n) is 0. The molecule has 0 aromatic rings. The Kier molecular flexibility index (Phi) is 1390. The van der Waals surface area contributed by atoms with Gasteiger partial charge in [0.1, 0.15) is 0 Å². The summed E-state index contributed by atoms with van der Waals surface area (Å²) in [5, 5.41) is 0. The van der Waals surface area contributed by atoms with Crippen molar-refractivity contribution in [3.05, 3.63) is 0 Å². The largest absolute Gasteiger partial charge is 2.00 e.